The van der Waals surface area contributed by atoms with Crippen LogP contribution in [0.15, 0.2) is 0 Å². The van der Waals surface area contributed by atoms with Crippen molar-refractivity contribution >= 4 is 11.8 Å². The molecule has 1 saturated heterocycles. The number of hydrogen-bond donors (Lipinski definition) is 1. The van der Waals surface area contributed by atoms with E-state index in [4.69, 9.17) is 0 Å². The Labute approximate surface area is 159 Å². The van der Waals surface area contributed by atoms with Crippen LogP contribution in [0.2, 0.25) is 0 Å². The van der Waals surface area contributed by atoms with Crippen LogP contribution in [-0.2, 0) is 9.59 Å². The Morgan fingerprint density at radius 1 is 1.08 bits per heavy atom. The van der Waals surface area contributed by atoms with Gasteiger partial charge in [0.25, 0.3) is 0 Å². The van der Waals surface area contributed by atoms with Crippen LogP contribution in [0.3, 0.4) is 0 Å². The Kier molecular flexibility index (Phi) is 8.35. The van der Waals surface area contributed by atoms with Gasteiger partial charge in [0.15, 0.2) is 0 Å². The van der Waals surface area contributed by atoms with Crippen LogP contribution in [0, 0.1) is 11.8 Å². The molecular formula is C20H38N4O2. The van der Waals surface area contributed by atoms with Gasteiger partial charge in [-0.1, -0.05) is 26.7 Å². The van der Waals surface area contributed by atoms with Crippen LogP contribution in [0.25, 0.3) is 0 Å². The molecule has 0 bridgehead atoms. The van der Waals surface area contributed by atoms with E-state index in [-0.39, 0.29) is 23.8 Å². The van der Waals surface area contributed by atoms with E-state index in [1.165, 1.54) is 12.8 Å². The largest absolute Gasteiger partial charge is 0.355 e. The highest BCUT2D eigenvalue weighted by Gasteiger charge is 2.37. The highest BCUT2D eigenvalue weighted by atomic mass is 16.2. The number of rotatable bonds is 8. The summed E-state index contributed by atoms with van der Waals surface area (Å²) in [6, 6.07) is -0.0202. The van der Waals surface area contributed by atoms with Crippen molar-refractivity contribution in [3.8, 4) is 0 Å². The average Bonchev–Trinajstić information content (AvgIpc) is 3.13. The fourth-order valence-electron chi connectivity index (χ4n) is 4.25. The third-order valence-corrected chi connectivity index (χ3v) is 5.71. The highest BCUT2D eigenvalue weighted by molar-refractivity contribution is 5.82. The van der Waals surface area contributed by atoms with Gasteiger partial charge in [-0.3, -0.25) is 14.5 Å². The molecule has 1 heterocycles. The first-order chi connectivity index (χ1) is 12.4. The summed E-state index contributed by atoms with van der Waals surface area (Å²) in [7, 11) is 4.11. The van der Waals surface area contributed by atoms with Gasteiger partial charge in [0, 0.05) is 38.6 Å². The number of piperazine rings is 1. The molecule has 26 heavy (non-hydrogen) atoms. The number of nitrogens with one attached hydrogen (secondary N) is 1. The molecule has 0 aromatic heterocycles. The molecule has 0 spiro atoms. The fraction of sp³-hybridized carbons (Fsp3) is 0.900. The number of nitrogens with zero attached hydrogens (tertiary/aromatic N) is 3. The molecule has 150 valence electrons. The molecule has 1 atom stereocenters. The summed E-state index contributed by atoms with van der Waals surface area (Å²) in [6.07, 6.45) is 5.76. The molecule has 2 aliphatic rings. The maximum absolute atomic E-state index is 13.0. The van der Waals surface area contributed by atoms with Crippen LogP contribution in [0.5, 0.6) is 0 Å². The maximum atomic E-state index is 13.0. The van der Waals surface area contributed by atoms with E-state index in [0.29, 0.717) is 5.92 Å². The van der Waals surface area contributed by atoms with E-state index < -0.39 is 0 Å². The highest BCUT2D eigenvalue weighted by Crippen LogP contribution is 2.31. The van der Waals surface area contributed by atoms with Crippen molar-refractivity contribution in [3.05, 3.63) is 0 Å². The van der Waals surface area contributed by atoms with Crippen LogP contribution in [0.1, 0.15) is 46.0 Å². The SMILES string of the molecule is CC(C)C(=O)N1CCN(C(C(=O)NCCCN(C)C)C2CCCC2)CC1. The zero-order chi connectivity index (χ0) is 19.1. The van der Waals surface area contributed by atoms with E-state index in [2.05, 4.69) is 29.2 Å². The molecular weight excluding hydrogens is 328 g/mol. The second kappa shape index (κ2) is 10.3. The topological polar surface area (TPSA) is 55.9 Å². The summed E-state index contributed by atoms with van der Waals surface area (Å²) in [5.41, 5.74) is 0. The summed E-state index contributed by atoms with van der Waals surface area (Å²) >= 11 is 0. The second-order valence-electron chi connectivity index (χ2n) is 8.45. The van der Waals surface area contributed by atoms with Gasteiger partial charge in [-0.15, -0.1) is 0 Å². The third-order valence-electron chi connectivity index (χ3n) is 5.71. The predicted octanol–water partition coefficient (Wildman–Crippen LogP) is 1.41. The average molecular weight is 367 g/mol. The lowest BCUT2D eigenvalue weighted by molar-refractivity contribution is -0.138. The minimum atomic E-state index is -0.0202. The van der Waals surface area contributed by atoms with Crippen molar-refractivity contribution in [2.75, 3.05) is 53.4 Å². The maximum Gasteiger partial charge on any atom is 0.237 e. The quantitative estimate of drug-likeness (QED) is 0.660. The lowest BCUT2D eigenvalue weighted by Crippen LogP contribution is -2.58. The first kappa shape index (κ1) is 21.2. The number of amides is 2. The molecule has 2 fully saturated rings. The molecule has 1 N–H and O–H groups in total. The summed E-state index contributed by atoms with van der Waals surface area (Å²) < 4.78 is 0. The molecule has 0 radical (unpaired) electrons. The van der Waals surface area contributed by atoms with Gasteiger partial charge in [0.1, 0.15) is 0 Å². The van der Waals surface area contributed by atoms with E-state index in [0.717, 1.165) is 58.5 Å². The standard InChI is InChI=1S/C20H38N4O2/c1-16(2)20(26)24-14-12-23(13-15-24)18(17-8-5-6-9-17)19(25)21-10-7-11-22(3)4/h16-18H,5-15H2,1-4H3,(H,21,25). The molecule has 1 saturated carbocycles. The van der Waals surface area contributed by atoms with Crippen LogP contribution < -0.4 is 5.32 Å². The Morgan fingerprint density at radius 3 is 2.23 bits per heavy atom. The van der Waals surface area contributed by atoms with Crippen molar-refractivity contribution in [1.29, 1.82) is 0 Å². The predicted molar refractivity (Wildman–Crippen MR) is 105 cm³/mol. The first-order valence-corrected chi connectivity index (χ1v) is 10.4. The molecule has 0 aromatic carbocycles. The van der Waals surface area contributed by atoms with E-state index in [1.54, 1.807) is 0 Å². The zero-order valence-electron chi connectivity index (χ0n) is 17.2. The van der Waals surface area contributed by atoms with Crippen LogP contribution in [-0.4, -0.2) is 85.9 Å². The molecule has 2 rings (SSSR count). The lowest BCUT2D eigenvalue weighted by Gasteiger charge is -2.41. The van der Waals surface area contributed by atoms with Crippen LogP contribution in [0.4, 0.5) is 0 Å². The minimum absolute atomic E-state index is 0.0202. The number of carbonyl (C=O) groups excluding carboxylic acids is 2. The normalized spacial score (nSPS) is 20.8. The molecule has 1 aliphatic carbocycles. The van der Waals surface area contributed by atoms with Crippen molar-refractivity contribution in [1.82, 2.24) is 20.0 Å². The van der Waals surface area contributed by atoms with Gasteiger partial charge in [0.05, 0.1) is 6.04 Å². The minimum Gasteiger partial charge on any atom is -0.355 e. The van der Waals surface area contributed by atoms with Crippen molar-refractivity contribution in [2.24, 2.45) is 11.8 Å². The van der Waals surface area contributed by atoms with E-state index in [1.807, 2.05) is 18.7 Å². The smallest absolute Gasteiger partial charge is 0.237 e. The van der Waals surface area contributed by atoms with Crippen molar-refractivity contribution < 1.29 is 9.59 Å². The number of hydrogen-bond acceptors (Lipinski definition) is 4. The van der Waals surface area contributed by atoms with Gasteiger partial charge < -0.3 is 15.1 Å². The van der Waals surface area contributed by atoms with E-state index >= 15 is 0 Å². The Balaban J connectivity index is 1.91. The Hall–Kier alpha value is -1.14. The summed E-state index contributed by atoms with van der Waals surface area (Å²) in [6.45, 7) is 8.75. The summed E-state index contributed by atoms with van der Waals surface area (Å²) in [5, 5.41) is 3.18. The van der Waals surface area contributed by atoms with Crippen molar-refractivity contribution in [2.45, 2.75) is 52.0 Å². The fourth-order valence-corrected chi connectivity index (χ4v) is 4.25. The van der Waals surface area contributed by atoms with Crippen LogP contribution >= 0.6 is 0 Å². The van der Waals surface area contributed by atoms with Gasteiger partial charge in [-0.2, -0.15) is 0 Å². The third kappa shape index (κ3) is 5.95. The van der Waals surface area contributed by atoms with E-state index in [9.17, 15) is 9.59 Å². The molecule has 1 unspecified atom stereocenters. The Morgan fingerprint density at radius 2 is 1.69 bits per heavy atom. The lowest BCUT2D eigenvalue weighted by atomic mass is 9.95. The molecule has 6 heteroatoms. The van der Waals surface area contributed by atoms with Gasteiger partial charge in [-0.25, -0.2) is 0 Å². The van der Waals surface area contributed by atoms with Gasteiger partial charge >= 0.3 is 0 Å². The second-order valence-corrected chi connectivity index (χ2v) is 8.45. The molecule has 0 aromatic rings. The monoisotopic (exact) mass is 366 g/mol. The zero-order valence-corrected chi connectivity index (χ0v) is 17.2. The van der Waals surface area contributed by atoms with Crippen molar-refractivity contribution in [3.63, 3.8) is 0 Å². The molecule has 6 nitrogen and oxygen atoms in total. The van der Waals surface area contributed by atoms with Gasteiger partial charge in [-0.05, 0) is 45.8 Å². The Bertz CT molecular complexity index is 453. The summed E-state index contributed by atoms with van der Waals surface area (Å²) in [5.74, 6) is 0.942. The molecule has 2 amide bonds. The number of carbonyl (C=O) groups is 2. The van der Waals surface area contributed by atoms with Gasteiger partial charge in [0.2, 0.25) is 11.8 Å². The first-order valence-electron chi connectivity index (χ1n) is 10.4. The molecule has 1 aliphatic heterocycles. The summed E-state index contributed by atoms with van der Waals surface area (Å²) in [4.78, 5) is 31.6.